The number of nitrogens with one attached hydrogen (secondary N) is 1. The van der Waals surface area contributed by atoms with Crippen LogP contribution < -0.4 is 10.1 Å². The molecule has 2 nitrogen and oxygen atoms in total. The fourth-order valence-corrected chi connectivity index (χ4v) is 3.58. The van der Waals surface area contributed by atoms with Crippen molar-refractivity contribution in [3.8, 4) is 5.75 Å². The molecular formula is C18H29NO. The van der Waals surface area contributed by atoms with Gasteiger partial charge in [0.1, 0.15) is 5.75 Å². The van der Waals surface area contributed by atoms with Crippen LogP contribution in [0, 0.1) is 11.8 Å². The first-order valence-electron chi connectivity index (χ1n) is 8.15. The van der Waals surface area contributed by atoms with E-state index in [1.807, 2.05) is 6.92 Å². The largest absolute Gasteiger partial charge is 0.494 e. The van der Waals surface area contributed by atoms with Gasteiger partial charge in [-0.1, -0.05) is 31.9 Å². The zero-order valence-corrected chi connectivity index (χ0v) is 13.2. The third-order valence-corrected chi connectivity index (χ3v) is 4.76. The Bertz CT molecular complexity index is 387. The molecule has 20 heavy (non-hydrogen) atoms. The Morgan fingerprint density at radius 1 is 1.15 bits per heavy atom. The number of benzene rings is 1. The second kappa shape index (κ2) is 7.68. The highest BCUT2D eigenvalue weighted by Crippen LogP contribution is 2.41. The highest BCUT2D eigenvalue weighted by Gasteiger charge is 2.30. The van der Waals surface area contributed by atoms with Gasteiger partial charge in [-0.15, -0.1) is 0 Å². The van der Waals surface area contributed by atoms with E-state index in [9.17, 15) is 0 Å². The molecule has 1 aliphatic rings. The van der Waals surface area contributed by atoms with Crippen molar-refractivity contribution >= 4 is 0 Å². The third kappa shape index (κ3) is 3.76. The summed E-state index contributed by atoms with van der Waals surface area (Å²) in [7, 11) is 2.07. The van der Waals surface area contributed by atoms with Gasteiger partial charge in [-0.3, -0.25) is 0 Å². The van der Waals surface area contributed by atoms with Gasteiger partial charge in [-0.2, -0.15) is 0 Å². The van der Waals surface area contributed by atoms with E-state index < -0.39 is 0 Å². The van der Waals surface area contributed by atoms with Gasteiger partial charge >= 0.3 is 0 Å². The first kappa shape index (κ1) is 15.4. The van der Waals surface area contributed by atoms with E-state index in [0.29, 0.717) is 5.92 Å². The molecule has 1 aromatic rings. The zero-order chi connectivity index (χ0) is 14.4. The molecule has 1 N–H and O–H groups in total. The van der Waals surface area contributed by atoms with Crippen LogP contribution in [0.4, 0.5) is 0 Å². The predicted molar refractivity (Wildman–Crippen MR) is 85.4 cm³/mol. The fraction of sp³-hybridized carbons (Fsp3) is 0.667. The minimum atomic E-state index is 0.705. The van der Waals surface area contributed by atoms with E-state index >= 15 is 0 Å². The average molecular weight is 275 g/mol. The summed E-state index contributed by atoms with van der Waals surface area (Å²) in [5, 5.41) is 3.38. The van der Waals surface area contributed by atoms with Gasteiger partial charge in [0.25, 0.3) is 0 Å². The molecule has 0 aromatic heterocycles. The molecule has 0 aliphatic heterocycles. The summed E-state index contributed by atoms with van der Waals surface area (Å²) in [5.41, 5.74) is 1.49. The Hall–Kier alpha value is -1.02. The van der Waals surface area contributed by atoms with Crippen molar-refractivity contribution < 1.29 is 4.74 Å². The molecule has 112 valence electrons. The first-order valence-corrected chi connectivity index (χ1v) is 8.15. The number of ether oxygens (including phenoxy) is 1. The van der Waals surface area contributed by atoms with Crippen LogP contribution in [-0.2, 0) is 0 Å². The summed E-state index contributed by atoms with van der Waals surface area (Å²) < 4.78 is 5.55. The summed E-state index contributed by atoms with van der Waals surface area (Å²) in [5.74, 6) is 3.38. The Labute approximate surface area is 123 Å². The maximum Gasteiger partial charge on any atom is 0.119 e. The van der Waals surface area contributed by atoms with Crippen molar-refractivity contribution in [2.24, 2.45) is 11.8 Å². The molecule has 1 saturated carbocycles. The molecule has 2 heteroatoms. The van der Waals surface area contributed by atoms with Gasteiger partial charge < -0.3 is 10.1 Å². The molecular weight excluding hydrogens is 246 g/mol. The van der Waals surface area contributed by atoms with Crippen molar-refractivity contribution in [1.29, 1.82) is 0 Å². The SMILES string of the molecule is CCOc1ccc(C2CC(CC)CCC2CNC)cc1. The Balaban J connectivity index is 2.12. The maximum absolute atomic E-state index is 5.55. The molecule has 2 rings (SSSR count). The molecule has 3 unspecified atom stereocenters. The molecule has 0 heterocycles. The number of hydrogen-bond donors (Lipinski definition) is 1. The lowest BCUT2D eigenvalue weighted by Gasteiger charge is -2.36. The predicted octanol–water partition coefficient (Wildman–Crippen LogP) is 4.21. The lowest BCUT2D eigenvalue weighted by molar-refractivity contribution is 0.228. The van der Waals surface area contributed by atoms with Crippen LogP contribution in [0.5, 0.6) is 5.75 Å². The maximum atomic E-state index is 5.55. The van der Waals surface area contributed by atoms with Crippen LogP contribution in [-0.4, -0.2) is 20.2 Å². The molecule has 0 amide bonds. The van der Waals surface area contributed by atoms with E-state index in [0.717, 1.165) is 30.7 Å². The Kier molecular flexibility index (Phi) is 5.90. The van der Waals surface area contributed by atoms with Gasteiger partial charge in [-0.25, -0.2) is 0 Å². The van der Waals surface area contributed by atoms with Crippen LogP contribution >= 0.6 is 0 Å². The molecule has 1 aromatic carbocycles. The van der Waals surface area contributed by atoms with E-state index in [1.54, 1.807) is 0 Å². The lowest BCUT2D eigenvalue weighted by Crippen LogP contribution is -2.30. The molecule has 1 aliphatic carbocycles. The van der Waals surface area contributed by atoms with Gasteiger partial charge in [0, 0.05) is 0 Å². The summed E-state index contributed by atoms with van der Waals surface area (Å²) in [6, 6.07) is 8.81. The van der Waals surface area contributed by atoms with Crippen LogP contribution in [0.1, 0.15) is 51.0 Å². The van der Waals surface area contributed by atoms with Gasteiger partial charge in [0.2, 0.25) is 0 Å². The van der Waals surface area contributed by atoms with Gasteiger partial charge in [-0.05, 0) is 68.8 Å². The third-order valence-electron chi connectivity index (χ3n) is 4.76. The van der Waals surface area contributed by atoms with E-state index in [-0.39, 0.29) is 0 Å². The standard InChI is InChI=1S/C18H29NO/c1-4-14-6-7-16(13-19-3)18(12-14)15-8-10-17(11-9-15)20-5-2/h8-11,14,16,18-19H,4-7,12-13H2,1-3H3. The Morgan fingerprint density at radius 3 is 2.50 bits per heavy atom. The Morgan fingerprint density at radius 2 is 1.90 bits per heavy atom. The van der Waals surface area contributed by atoms with Crippen LogP contribution in [0.25, 0.3) is 0 Å². The van der Waals surface area contributed by atoms with Crippen molar-refractivity contribution in [1.82, 2.24) is 5.32 Å². The highest BCUT2D eigenvalue weighted by atomic mass is 16.5. The van der Waals surface area contributed by atoms with E-state index in [2.05, 4.69) is 43.6 Å². The minimum absolute atomic E-state index is 0.705. The molecule has 3 atom stereocenters. The van der Waals surface area contributed by atoms with E-state index in [1.165, 1.54) is 31.2 Å². The second-order valence-electron chi connectivity index (χ2n) is 6.01. The summed E-state index contributed by atoms with van der Waals surface area (Å²) in [6.07, 6.45) is 5.42. The first-order chi connectivity index (χ1) is 9.78. The number of hydrogen-bond acceptors (Lipinski definition) is 2. The van der Waals surface area contributed by atoms with Gasteiger partial charge in [0.15, 0.2) is 0 Å². The van der Waals surface area contributed by atoms with E-state index in [4.69, 9.17) is 4.74 Å². The van der Waals surface area contributed by atoms with Crippen molar-refractivity contribution in [2.45, 2.75) is 45.4 Å². The minimum Gasteiger partial charge on any atom is -0.494 e. The second-order valence-corrected chi connectivity index (χ2v) is 6.01. The van der Waals surface area contributed by atoms with Crippen molar-refractivity contribution in [3.05, 3.63) is 29.8 Å². The monoisotopic (exact) mass is 275 g/mol. The topological polar surface area (TPSA) is 21.3 Å². The molecule has 0 spiro atoms. The van der Waals surface area contributed by atoms with Crippen LogP contribution in [0.15, 0.2) is 24.3 Å². The fourth-order valence-electron chi connectivity index (χ4n) is 3.58. The number of rotatable bonds is 6. The quantitative estimate of drug-likeness (QED) is 0.839. The average Bonchev–Trinajstić information content (AvgIpc) is 2.49. The zero-order valence-electron chi connectivity index (χ0n) is 13.2. The lowest BCUT2D eigenvalue weighted by atomic mass is 9.70. The summed E-state index contributed by atoms with van der Waals surface area (Å²) >= 11 is 0. The summed E-state index contributed by atoms with van der Waals surface area (Å²) in [6.45, 7) is 6.24. The van der Waals surface area contributed by atoms with Crippen LogP contribution in [0.3, 0.4) is 0 Å². The van der Waals surface area contributed by atoms with Crippen LogP contribution in [0.2, 0.25) is 0 Å². The highest BCUT2D eigenvalue weighted by molar-refractivity contribution is 5.30. The summed E-state index contributed by atoms with van der Waals surface area (Å²) in [4.78, 5) is 0. The molecule has 0 bridgehead atoms. The molecule has 0 radical (unpaired) electrons. The van der Waals surface area contributed by atoms with Crippen molar-refractivity contribution in [2.75, 3.05) is 20.2 Å². The van der Waals surface area contributed by atoms with Crippen molar-refractivity contribution in [3.63, 3.8) is 0 Å². The smallest absolute Gasteiger partial charge is 0.119 e. The normalized spacial score (nSPS) is 26.4. The molecule has 0 saturated heterocycles. The molecule has 1 fully saturated rings. The van der Waals surface area contributed by atoms with Gasteiger partial charge in [0.05, 0.1) is 6.61 Å².